The van der Waals surface area contributed by atoms with Gasteiger partial charge in [-0.2, -0.15) is 36.9 Å². The summed E-state index contributed by atoms with van der Waals surface area (Å²) < 4.78 is 87.9. The first-order valence-electron chi connectivity index (χ1n) is 29.2. The molecule has 3 atom stereocenters. The molecule has 0 fully saturated rings. The Bertz CT molecular complexity index is 4450. The van der Waals surface area contributed by atoms with E-state index in [-0.39, 0.29) is 17.8 Å². The van der Waals surface area contributed by atoms with Crippen LogP contribution in [0.4, 0.5) is 44.2 Å². The molecule has 6 aromatic carbocycles. The van der Waals surface area contributed by atoms with Crippen LogP contribution in [0.5, 0.6) is 0 Å². The van der Waals surface area contributed by atoms with E-state index in [1.54, 1.807) is 49.9 Å². The van der Waals surface area contributed by atoms with Gasteiger partial charge in [0.2, 0.25) is 23.8 Å². The number of halogens is 6. The maximum atomic E-state index is 13.7. The fraction of sp³-hybridized carbons (Fsp3) is 0.286. The molecule has 6 heterocycles. The highest BCUT2D eigenvalue weighted by Crippen LogP contribution is 2.53. The monoisotopic (exact) mass is 1210 g/mol. The van der Waals surface area contributed by atoms with Crippen LogP contribution in [0.3, 0.4) is 0 Å². The zero-order valence-electron chi connectivity index (χ0n) is 51.4. The molecular formula is C70H68F6N12O. The summed E-state index contributed by atoms with van der Waals surface area (Å²) >= 11 is 0. The van der Waals surface area contributed by atoms with Gasteiger partial charge in [-0.3, -0.25) is 13.9 Å². The van der Waals surface area contributed by atoms with Gasteiger partial charge < -0.3 is 26.3 Å². The molecule has 1 amide bonds. The number of anilines is 3. The Morgan fingerprint density at radius 2 is 0.955 bits per heavy atom. The minimum absolute atomic E-state index is 0.0598. The van der Waals surface area contributed by atoms with Crippen LogP contribution in [0.15, 0.2) is 174 Å². The fourth-order valence-corrected chi connectivity index (χ4v) is 13.9. The Morgan fingerprint density at radius 1 is 0.528 bits per heavy atom. The number of amides is 1. The molecule has 0 saturated heterocycles. The zero-order chi connectivity index (χ0) is 64.4. The number of nitrogens with zero attached hydrogens (tertiary/aromatic N) is 8. The van der Waals surface area contributed by atoms with E-state index in [1.807, 2.05) is 118 Å². The van der Waals surface area contributed by atoms with Crippen molar-refractivity contribution in [2.45, 2.75) is 112 Å². The molecule has 0 radical (unpaired) electrons. The molecule has 9 aromatic rings. The number of para-hydroxylation sites is 4. The first-order valence-corrected chi connectivity index (χ1v) is 29.2. The molecule has 12 rings (SSSR count). The third-order valence-electron chi connectivity index (χ3n) is 17.2. The van der Waals surface area contributed by atoms with Gasteiger partial charge in [-0.05, 0) is 130 Å². The summed E-state index contributed by atoms with van der Waals surface area (Å²) in [6.45, 7) is 23.0. The van der Waals surface area contributed by atoms with E-state index < -0.39 is 46.0 Å². The van der Waals surface area contributed by atoms with E-state index in [2.05, 4.69) is 88.5 Å². The number of rotatable bonds is 8. The second-order valence-electron chi connectivity index (χ2n) is 24.0. The maximum absolute atomic E-state index is 13.7. The quantitative estimate of drug-likeness (QED) is 0.108. The third kappa shape index (κ3) is 10.3. The number of aryl methyl sites for hydroxylation is 4. The maximum Gasteiger partial charge on any atom is 0.416 e. The molecule has 456 valence electrons. The predicted molar refractivity (Wildman–Crippen MR) is 336 cm³/mol. The van der Waals surface area contributed by atoms with E-state index in [0.29, 0.717) is 67.8 Å². The first kappa shape index (κ1) is 62.2. The fourth-order valence-electron chi connectivity index (χ4n) is 13.9. The van der Waals surface area contributed by atoms with Crippen molar-refractivity contribution in [2.75, 3.05) is 16.0 Å². The minimum Gasteiger partial charge on any atom is -0.366 e. The molecule has 13 nitrogen and oxygen atoms in total. The normalized spacial score (nSPS) is 18.9. The summed E-state index contributed by atoms with van der Waals surface area (Å²) in [7, 11) is 0. The minimum atomic E-state index is -4.50. The van der Waals surface area contributed by atoms with Crippen LogP contribution in [0.2, 0.25) is 0 Å². The smallest absolute Gasteiger partial charge is 0.366 e. The number of benzene rings is 6. The number of nitriles is 2. The molecule has 0 aliphatic carbocycles. The molecule has 0 bridgehead atoms. The molecule has 5 N–H and O–H groups in total. The summed E-state index contributed by atoms with van der Waals surface area (Å²) in [5.41, 5.74) is 13.9. The number of primary amides is 1. The highest BCUT2D eigenvalue weighted by Gasteiger charge is 2.52. The van der Waals surface area contributed by atoms with Gasteiger partial charge in [-0.15, -0.1) is 0 Å². The van der Waals surface area contributed by atoms with Crippen molar-refractivity contribution in [1.82, 2.24) is 28.7 Å². The first-order chi connectivity index (χ1) is 42.1. The molecular weight excluding hydrogens is 1140 g/mol. The molecule has 0 saturated carbocycles. The topological polar surface area (TPSA) is 180 Å². The van der Waals surface area contributed by atoms with Gasteiger partial charge in [0.1, 0.15) is 16.6 Å². The Morgan fingerprint density at radius 3 is 1.42 bits per heavy atom. The van der Waals surface area contributed by atoms with Crippen molar-refractivity contribution < 1.29 is 31.1 Å². The van der Waals surface area contributed by atoms with E-state index >= 15 is 0 Å². The average Bonchev–Trinajstić information content (AvgIpc) is 1.70. The largest absolute Gasteiger partial charge is 0.416 e. The van der Waals surface area contributed by atoms with Gasteiger partial charge in [0, 0.05) is 23.8 Å². The number of fused-ring (bicyclic) bond motifs is 7. The highest BCUT2D eigenvalue weighted by atomic mass is 19.4. The second kappa shape index (κ2) is 23.0. The number of nitrogens with two attached hydrogens (primary N) is 1. The lowest BCUT2D eigenvalue weighted by atomic mass is 9.71. The Labute approximate surface area is 512 Å². The summed E-state index contributed by atoms with van der Waals surface area (Å²) in [6, 6.07) is 43.9. The van der Waals surface area contributed by atoms with E-state index in [9.17, 15) is 41.7 Å². The molecule has 3 unspecified atom stereocenters. The van der Waals surface area contributed by atoms with Gasteiger partial charge in [0.15, 0.2) is 0 Å². The van der Waals surface area contributed by atoms with Crippen LogP contribution >= 0.6 is 0 Å². The lowest BCUT2D eigenvalue weighted by molar-refractivity contribution is -0.138. The lowest BCUT2D eigenvalue weighted by Gasteiger charge is -2.45. The van der Waals surface area contributed by atoms with Crippen molar-refractivity contribution >= 4 is 51.5 Å². The van der Waals surface area contributed by atoms with Crippen molar-refractivity contribution in [1.29, 1.82) is 10.5 Å². The average molecular weight is 1210 g/mol. The molecule has 89 heavy (non-hydrogen) atoms. The standard InChI is InChI=1S/C24H21F3N4.C23H21F3N4.C23H26N4O/c1-15(2)23(18-11-16(3)12-19(13-18)24(25,26)27)20(14-28)21(17-7-5-4-6-8-17)30-22-29-9-10-31(22)23;1-13(2)22(16-9-14(3)10-17(11-16)23(24,25)26)18(12-27)15(4)28-21-29-19-7-5-6-8-20(19)30(21)22;1-13(2)23(17-11-14(3)10-15(4)12-17)20(21(24)28)16(5)25-22-26-18-8-6-7-9-19(18)27(22)23/h4-13,15H,1-3H3,(H,29,30);5-11,13H,1-4H3,(H,28,29);6-13H,1-5H3,(H2,24,28)(H,25,26). The number of allylic oxidation sites excluding steroid dienone is 4. The van der Waals surface area contributed by atoms with Crippen molar-refractivity contribution in [3.05, 3.63) is 230 Å². The van der Waals surface area contributed by atoms with E-state index in [0.717, 1.165) is 68.6 Å². The zero-order valence-corrected chi connectivity index (χ0v) is 51.4. The van der Waals surface area contributed by atoms with Crippen LogP contribution in [-0.4, -0.2) is 34.6 Å². The number of nitrogens with one attached hydrogen (secondary N) is 3. The van der Waals surface area contributed by atoms with Crippen molar-refractivity contribution in [3.8, 4) is 12.1 Å². The summed E-state index contributed by atoms with van der Waals surface area (Å²) in [5.74, 6) is 0.878. The number of imidazole rings is 3. The van der Waals surface area contributed by atoms with Crippen LogP contribution in [0.1, 0.15) is 111 Å². The summed E-state index contributed by atoms with van der Waals surface area (Å²) in [6.07, 6.45) is -5.69. The number of aromatic nitrogens is 6. The SMILES string of the molecule is CC1=C(C#N)C(c2cc(C)cc(C(F)(F)F)c2)(C(C)C)n2c(nc3ccccc32)N1.CC1=C(C(N)=O)C(c2cc(C)cc(C)c2)(C(C)C)n2c(nc3ccccc32)N1.Cc1cc(C(F)(F)F)cc(C2(C(C)C)C(C#N)=C(c3ccccc3)Nc3nccn32)c1. The number of hydrogen-bond donors (Lipinski definition) is 4. The number of carbonyl (C=O) groups excluding carboxylic acids is 1. The van der Waals surface area contributed by atoms with Gasteiger partial charge >= 0.3 is 12.4 Å². The van der Waals surface area contributed by atoms with Gasteiger partial charge in [-0.1, -0.05) is 149 Å². The Balaban J connectivity index is 0.000000147. The predicted octanol–water partition coefficient (Wildman–Crippen LogP) is 16.2. The molecule has 0 spiro atoms. The number of carbonyl (C=O) groups is 1. The van der Waals surface area contributed by atoms with E-state index in [4.69, 9.17) is 10.7 Å². The van der Waals surface area contributed by atoms with Gasteiger partial charge in [0.25, 0.3) is 0 Å². The number of hydrogen-bond acceptors (Lipinski definition) is 9. The summed E-state index contributed by atoms with van der Waals surface area (Å²) in [5, 5.41) is 30.2. The Hall–Kier alpha value is -9.88. The van der Waals surface area contributed by atoms with Gasteiger partial charge in [0.05, 0.1) is 67.7 Å². The van der Waals surface area contributed by atoms with Crippen molar-refractivity contribution in [2.24, 2.45) is 23.5 Å². The van der Waals surface area contributed by atoms with Crippen LogP contribution in [-0.2, 0) is 33.8 Å². The molecule has 3 aromatic heterocycles. The van der Waals surface area contributed by atoms with E-state index in [1.165, 1.54) is 6.07 Å². The van der Waals surface area contributed by atoms with Crippen LogP contribution < -0.4 is 21.7 Å². The second-order valence-corrected chi connectivity index (χ2v) is 24.0. The highest BCUT2D eigenvalue weighted by molar-refractivity contribution is 5.98. The lowest BCUT2D eigenvalue weighted by Crippen LogP contribution is -2.49. The molecule has 19 heteroatoms. The molecule has 3 aliphatic rings. The van der Waals surface area contributed by atoms with Crippen LogP contribution in [0, 0.1) is 68.1 Å². The number of alkyl halides is 6. The van der Waals surface area contributed by atoms with Crippen molar-refractivity contribution in [3.63, 3.8) is 0 Å². The van der Waals surface area contributed by atoms with Gasteiger partial charge in [-0.25, -0.2) is 15.0 Å². The summed E-state index contributed by atoms with van der Waals surface area (Å²) in [4.78, 5) is 26.6. The van der Waals surface area contributed by atoms with Crippen LogP contribution in [0.25, 0.3) is 27.8 Å². The Kier molecular flexibility index (Phi) is 16.1. The third-order valence-corrected chi connectivity index (χ3v) is 17.2. The molecule has 3 aliphatic heterocycles.